The SMILES string of the molecule is CCCCCC[N+]1(CCC)C=CC=C1. The molecule has 0 radical (unpaired) electrons. The lowest BCUT2D eigenvalue weighted by Gasteiger charge is -2.28. The van der Waals surface area contributed by atoms with Crippen molar-refractivity contribution in [3.05, 3.63) is 24.6 Å². The number of allylic oxidation sites excluding steroid dienone is 2. The van der Waals surface area contributed by atoms with Crippen LogP contribution in [-0.2, 0) is 0 Å². The first-order valence-corrected chi connectivity index (χ1v) is 6.06. The summed E-state index contributed by atoms with van der Waals surface area (Å²) in [6.45, 7) is 7.10. The zero-order chi connectivity index (χ0) is 10.3. The number of hydrogen-bond donors (Lipinski definition) is 0. The summed E-state index contributed by atoms with van der Waals surface area (Å²) >= 11 is 0. The molecule has 0 aromatic carbocycles. The number of nitrogens with zero attached hydrogens (tertiary/aromatic N) is 1. The Morgan fingerprint density at radius 2 is 1.50 bits per heavy atom. The van der Waals surface area contributed by atoms with E-state index in [4.69, 9.17) is 0 Å². The summed E-state index contributed by atoms with van der Waals surface area (Å²) in [6.07, 6.45) is 15.8. The number of quaternary nitrogens is 1. The molecule has 0 amide bonds. The molecule has 1 heteroatoms. The molecule has 1 aliphatic heterocycles. The zero-order valence-electron chi connectivity index (χ0n) is 9.71. The molecule has 1 heterocycles. The fourth-order valence-electron chi connectivity index (χ4n) is 2.15. The van der Waals surface area contributed by atoms with Crippen molar-refractivity contribution in [1.82, 2.24) is 0 Å². The van der Waals surface area contributed by atoms with Gasteiger partial charge in [0.2, 0.25) is 0 Å². The van der Waals surface area contributed by atoms with Crippen molar-refractivity contribution >= 4 is 0 Å². The molecule has 0 aromatic heterocycles. The van der Waals surface area contributed by atoms with Gasteiger partial charge in [0.1, 0.15) is 12.4 Å². The lowest BCUT2D eigenvalue weighted by Crippen LogP contribution is -2.37. The lowest BCUT2D eigenvalue weighted by atomic mass is 10.2. The molecule has 0 unspecified atom stereocenters. The molecule has 0 fully saturated rings. The third-order valence-electron chi connectivity index (χ3n) is 2.94. The van der Waals surface area contributed by atoms with Gasteiger partial charge < -0.3 is 0 Å². The summed E-state index contributed by atoms with van der Waals surface area (Å²) in [5.41, 5.74) is 0. The highest BCUT2D eigenvalue weighted by molar-refractivity contribution is 5.03. The minimum atomic E-state index is 1.10. The Hall–Kier alpha value is -0.560. The van der Waals surface area contributed by atoms with E-state index in [0.717, 1.165) is 4.48 Å². The molecule has 0 spiro atoms. The summed E-state index contributed by atoms with van der Waals surface area (Å²) in [5.74, 6) is 0. The van der Waals surface area contributed by atoms with Crippen molar-refractivity contribution in [1.29, 1.82) is 0 Å². The highest BCUT2D eigenvalue weighted by atomic mass is 15.3. The second-order valence-electron chi connectivity index (χ2n) is 4.29. The molecule has 0 aromatic rings. The molecule has 0 saturated carbocycles. The van der Waals surface area contributed by atoms with Gasteiger partial charge in [0.05, 0.1) is 13.1 Å². The third-order valence-corrected chi connectivity index (χ3v) is 2.94. The predicted molar refractivity (Wildman–Crippen MR) is 62.7 cm³/mol. The van der Waals surface area contributed by atoms with Crippen molar-refractivity contribution in [3.63, 3.8) is 0 Å². The molecule has 80 valence electrons. The van der Waals surface area contributed by atoms with Crippen LogP contribution >= 0.6 is 0 Å². The Labute approximate surface area is 88.7 Å². The summed E-state index contributed by atoms with van der Waals surface area (Å²) in [7, 11) is 0. The van der Waals surface area contributed by atoms with E-state index in [9.17, 15) is 0 Å². The minimum absolute atomic E-state index is 1.10. The smallest absolute Gasteiger partial charge is 0.101 e. The van der Waals surface area contributed by atoms with Crippen LogP contribution in [0.25, 0.3) is 0 Å². The van der Waals surface area contributed by atoms with Gasteiger partial charge in [-0.3, -0.25) is 4.48 Å². The van der Waals surface area contributed by atoms with Crippen LogP contribution in [0.2, 0.25) is 0 Å². The maximum Gasteiger partial charge on any atom is 0.101 e. The Morgan fingerprint density at radius 1 is 0.786 bits per heavy atom. The summed E-state index contributed by atoms with van der Waals surface area (Å²) in [4.78, 5) is 0. The Balaban J connectivity index is 2.30. The van der Waals surface area contributed by atoms with Crippen molar-refractivity contribution in [2.45, 2.75) is 46.0 Å². The normalized spacial score (nSPS) is 17.9. The topological polar surface area (TPSA) is 0 Å². The molecule has 0 atom stereocenters. The van der Waals surface area contributed by atoms with Gasteiger partial charge in [0, 0.05) is 0 Å². The molecular weight excluding hydrogens is 170 g/mol. The number of hydrogen-bond acceptors (Lipinski definition) is 0. The van der Waals surface area contributed by atoms with Gasteiger partial charge in [-0.2, -0.15) is 0 Å². The molecule has 0 aliphatic carbocycles. The molecule has 0 bridgehead atoms. The van der Waals surface area contributed by atoms with E-state index in [2.05, 4.69) is 38.4 Å². The highest BCUT2D eigenvalue weighted by Gasteiger charge is 2.22. The van der Waals surface area contributed by atoms with Gasteiger partial charge in [-0.25, -0.2) is 0 Å². The second-order valence-corrected chi connectivity index (χ2v) is 4.29. The number of unbranched alkanes of at least 4 members (excludes halogenated alkanes) is 3. The average Bonchev–Trinajstić information content (AvgIpc) is 2.63. The van der Waals surface area contributed by atoms with Gasteiger partial charge in [0.15, 0.2) is 0 Å². The van der Waals surface area contributed by atoms with Crippen molar-refractivity contribution in [2.75, 3.05) is 13.1 Å². The van der Waals surface area contributed by atoms with Gasteiger partial charge in [-0.15, -0.1) is 0 Å². The lowest BCUT2D eigenvalue weighted by molar-refractivity contribution is -0.826. The van der Waals surface area contributed by atoms with Crippen LogP contribution in [0, 0.1) is 0 Å². The molecule has 0 N–H and O–H groups in total. The fraction of sp³-hybridized carbons (Fsp3) is 0.692. The summed E-state index contributed by atoms with van der Waals surface area (Å²) in [5, 5.41) is 0. The van der Waals surface area contributed by atoms with Gasteiger partial charge in [0.25, 0.3) is 0 Å². The van der Waals surface area contributed by atoms with Crippen molar-refractivity contribution in [2.24, 2.45) is 0 Å². The molecule has 1 rings (SSSR count). The quantitative estimate of drug-likeness (QED) is 0.427. The Morgan fingerprint density at radius 3 is 2.07 bits per heavy atom. The molecule has 0 saturated heterocycles. The van der Waals surface area contributed by atoms with Crippen LogP contribution < -0.4 is 0 Å². The van der Waals surface area contributed by atoms with E-state index < -0.39 is 0 Å². The van der Waals surface area contributed by atoms with Gasteiger partial charge in [-0.1, -0.05) is 26.7 Å². The monoisotopic (exact) mass is 194 g/mol. The first kappa shape index (κ1) is 11.5. The van der Waals surface area contributed by atoms with Crippen molar-refractivity contribution < 1.29 is 4.48 Å². The predicted octanol–water partition coefficient (Wildman–Crippen LogP) is 3.83. The average molecular weight is 194 g/mol. The van der Waals surface area contributed by atoms with Crippen LogP contribution in [0.5, 0.6) is 0 Å². The molecule has 1 aliphatic rings. The standard InChI is InChI=1S/C13H24N/c1-3-5-6-7-11-14(10-4-2)12-8-9-13-14/h8-9,12-13H,3-7,10-11H2,1-2H3/q+1. The third kappa shape index (κ3) is 3.30. The minimum Gasteiger partial charge on any atom is -0.271 e. The van der Waals surface area contributed by atoms with Crippen LogP contribution in [0.4, 0.5) is 0 Å². The van der Waals surface area contributed by atoms with Gasteiger partial charge >= 0.3 is 0 Å². The zero-order valence-corrected chi connectivity index (χ0v) is 9.71. The van der Waals surface area contributed by atoms with Crippen LogP contribution in [-0.4, -0.2) is 17.6 Å². The van der Waals surface area contributed by atoms with Crippen LogP contribution in [0.1, 0.15) is 46.0 Å². The first-order chi connectivity index (χ1) is 6.83. The number of rotatable bonds is 7. The van der Waals surface area contributed by atoms with E-state index in [1.54, 1.807) is 0 Å². The molecular formula is C13H24N+. The van der Waals surface area contributed by atoms with Crippen LogP contribution in [0.15, 0.2) is 24.6 Å². The first-order valence-electron chi connectivity index (χ1n) is 6.06. The Bertz CT molecular complexity index is 191. The van der Waals surface area contributed by atoms with Crippen LogP contribution in [0.3, 0.4) is 0 Å². The van der Waals surface area contributed by atoms with E-state index in [1.165, 1.54) is 45.2 Å². The van der Waals surface area contributed by atoms with E-state index in [-0.39, 0.29) is 0 Å². The fourth-order valence-corrected chi connectivity index (χ4v) is 2.15. The maximum atomic E-state index is 2.34. The van der Waals surface area contributed by atoms with E-state index in [1.807, 2.05) is 0 Å². The maximum absolute atomic E-state index is 2.34. The second kappa shape index (κ2) is 6.02. The van der Waals surface area contributed by atoms with Gasteiger partial charge in [-0.05, 0) is 31.4 Å². The molecule has 1 nitrogen and oxygen atoms in total. The Kier molecular flexibility index (Phi) is 4.95. The van der Waals surface area contributed by atoms with Crippen molar-refractivity contribution in [3.8, 4) is 0 Å². The summed E-state index contributed by atoms with van der Waals surface area (Å²) < 4.78 is 1.10. The largest absolute Gasteiger partial charge is 0.271 e. The highest BCUT2D eigenvalue weighted by Crippen LogP contribution is 2.18. The summed E-state index contributed by atoms with van der Waals surface area (Å²) in [6, 6.07) is 0. The van der Waals surface area contributed by atoms with E-state index in [0.29, 0.717) is 0 Å². The molecule has 14 heavy (non-hydrogen) atoms. The van der Waals surface area contributed by atoms with E-state index >= 15 is 0 Å².